The molecule has 1 aliphatic rings. The van der Waals surface area contributed by atoms with E-state index in [1.165, 1.54) is 5.75 Å². The molecular formula is C15H23FN2S. The lowest BCUT2D eigenvalue weighted by molar-refractivity contribution is 0.216. The summed E-state index contributed by atoms with van der Waals surface area (Å²) >= 11 is 1.99. The quantitative estimate of drug-likeness (QED) is 0.914. The lowest BCUT2D eigenvalue weighted by atomic mass is 9.95. The number of thioether (sulfide) groups is 1. The van der Waals surface area contributed by atoms with Gasteiger partial charge in [-0.25, -0.2) is 4.39 Å². The highest BCUT2D eigenvalue weighted by Gasteiger charge is 2.29. The van der Waals surface area contributed by atoms with Gasteiger partial charge < -0.3 is 5.32 Å². The molecule has 0 amide bonds. The van der Waals surface area contributed by atoms with Gasteiger partial charge in [-0.3, -0.25) is 4.90 Å². The molecule has 1 aliphatic heterocycles. The Hall–Kier alpha value is -0.580. The fraction of sp³-hybridized carbons (Fsp3) is 0.600. The number of hydrogen-bond acceptors (Lipinski definition) is 3. The van der Waals surface area contributed by atoms with E-state index in [4.69, 9.17) is 0 Å². The molecule has 2 rings (SSSR count). The van der Waals surface area contributed by atoms with E-state index >= 15 is 0 Å². The first-order chi connectivity index (χ1) is 9.13. The van der Waals surface area contributed by atoms with Gasteiger partial charge in [-0.1, -0.05) is 13.0 Å². The van der Waals surface area contributed by atoms with Crippen molar-refractivity contribution in [1.29, 1.82) is 0 Å². The molecule has 19 heavy (non-hydrogen) atoms. The zero-order valence-electron chi connectivity index (χ0n) is 11.9. The first kappa shape index (κ1) is 14.8. The number of likely N-dealkylation sites (N-methyl/N-ethyl adjacent to an activating group) is 2. The highest BCUT2D eigenvalue weighted by Crippen LogP contribution is 2.29. The minimum absolute atomic E-state index is 0.144. The summed E-state index contributed by atoms with van der Waals surface area (Å²) in [6.07, 6.45) is 0. The largest absolute Gasteiger partial charge is 0.309 e. The van der Waals surface area contributed by atoms with Crippen LogP contribution in [0.15, 0.2) is 18.2 Å². The second kappa shape index (κ2) is 6.73. The van der Waals surface area contributed by atoms with Gasteiger partial charge in [0.2, 0.25) is 0 Å². The van der Waals surface area contributed by atoms with Crippen molar-refractivity contribution < 1.29 is 4.39 Å². The molecule has 1 fully saturated rings. The minimum Gasteiger partial charge on any atom is -0.309 e. The number of benzene rings is 1. The van der Waals surface area contributed by atoms with Gasteiger partial charge in [-0.15, -0.1) is 0 Å². The molecular weight excluding hydrogens is 259 g/mol. The third-order valence-electron chi connectivity index (χ3n) is 3.83. The van der Waals surface area contributed by atoms with Crippen molar-refractivity contribution in [2.75, 3.05) is 31.6 Å². The summed E-state index contributed by atoms with van der Waals surface area (Å²) in [7, 11) is 2.17. The third-order valence-corrected chi connectivity index (χ3v) is 4.88. The van der Waals surface area contributed by atoms with Crippen LogP contribution in [-0.2, 0) is 0 Å². The lowest BCUT2D eigenvalue weighted by Crippen LogP contribution is -2.48. The highest BCUT2D eigenvalue weighted by molar-refractivity contribution is 7.99. The summed E-state index contributed by atoms with van der Waals surface area (Å²) in [5.74, 6) is 2.15. The molecule has 0 aliphatic carbocycles. The summed E-state index contributed by atoms with van der Waals surface area (Å²) in [6, 6.07) is 5.75. The summed E-state index contributed by atoms with van der Waals surface area (Å²) in [6.45, 7) is 6.17. The predicted molar refractivity (Wildman–Crippen MR) is 81.3 cm³/mol. The summed E-state index contributed by atoms with van der Waals surface area (Å²) in [5.41, 5.74) is 2.26. The molecule has 0 bridgehead atoms. The second-order valence-electron chi connectivity index (χ2n) is 5.16. The molecule has 1 heterocycles. The zero-order chi connectivity index (χ0) is 13.8. The Morgan fingerprint density at radius 1 is 1.53 bits per heavy atom. The van der Waals surface area contributed by atoms with Gasteiger partial charge >= 0.3 is 0 Å². The zero-order valence-corrected chi connectivity index (χ0v) is 12.8. The summed E-state index contributed by atoms with van der Waals surface area (Å²) in [4.78, 5) is 2.40. The van der Waals surface area contributed by atoms with Crippen molar-refractivity contribution in [3.05, 3.63) is 35.1 Å². The standard InChI is InChI=1S/C15H23FN2S/c1-4-17-15(14-10-19-8-7-18(14)3)13-9-12(16)6-5-11(13)2/h5-6,9,14-15,17H,4,7-8,10H2,1-3H3. The molecule has 0 aromatic heterocycles. The average molecular weight is 282 g/mol. The average Bonchev–Trinajstić information content (AvgIpc) is 2.40. The molecule has 1 saturated heterocycles. The van der Waals surface area contributed by atoms with Crippen LogP contribution in [0.3, 0.4) is 0 Å². The van der Waals surface area contributed by atoms with Crippen LogP contribution in [-0.4, -0.2) is 42.6 Å². The summed E-state index contributed by atoms with van der Waals surface area (Å²) < 4.78 is 13.6. The van der Waals surface area contributed by atoms with Crippen LogP contribution in [0.1, 0.15) is 24.1 Å². The molecule has 0 radical (unpaired) electrons. The molecule has 2 nitrogen and oxygen atoms in total. The topological polar surface area (TPSA) is 15.3 Å². The lowest BCUT2D eigenvalue weighted by Gasteiger charge is -2.38. The smallest absolute Gasteiger partial charge is 0.123 e. The SMILES string of the molecule is CCNC(c1cc(F)ccc1C)C1CSCCN1C. The van der Waals surface area contributed by atoms with E-state index < -0.39 is 0 Å². The number of hydrogen-bond donors (Lipinski definition) is 1. The number of rotatable bonds is 4. The van der Waals surface area contributed by atoms with Crippen molar-refractivity contribution in [3.63, 3.8) is 0 Å². The maximum atomic E-state index is 13.6. The van der Waals surface area contributed by atoms with E-state index in [9.17, 15) is 4.39 Å². The molecule has 0 spiro atoms. The monoisotopic (exact) mass is 282 g/mol. The Kier molecular flexibility index (Phi) is 5.25. The van der Waals surface area contributed by atoms with Gasteiger partial charge in [0.05, 0.1) is 0 Å². The van der Waals surface area contributed by atoms with Crippen LogP contribution in [0.5, 0.6) is 0 Å². The molecule has 1 aromatic rings. The van der Waals surface area contributed by atoms with Crippen LogP contribution in [0.2, 0.25) is 0 Å². The Labute approximate surface area is 119 Å². The number of halogens is 1. The number of aryl methyl sites for hydroxylation is 1. The van der Waals surface area contributed by atoms with Crippen LogP contribution in [0, 0.1) is 12.7 Å². The van der Waals surface area contributed by atoms with E-state index in [1.54, 1.807) is 12.1 Å². The summed E-state index contributed by atoms with van der Waals surface area (Å²) in [5, 5.41) is 3.55. The van der Waals surface area contributed by atoms with Crippen molar-refractivity contribution >= 4 is 11.8 Å². The van der Waals surface area contributed by atoms with Crippen molar-refractivity contribution in [2.45, 2.75) is 25.9 Å². The van der Waals surface area contributed by atoms with E-state index in [1.807, 2.05) is 17.8 Å². The fourth-order valence-electron chi connectivity index (χ4n) is 2.68. The number of nitrogens with one attached hydrogen (secondary N) is 1. The predicted octanol–water partition coefficient (Wildman–Crippen LogP) is 2.83. The van der Waals surface area contributed by atoms with Gasteiger partial charge in [-0.05, 0) is 43.8 Å². The maximum Gasteiger partial charge on any atom is 0.123 e. The molecule has 2 unspecified atom stereocenters. The van der Waals surface area contributed by atoms with E-state index in [-0.39, 0.29) is 11.9 Å². The van der Waals surface area contributed by atoms with Crippen LogP contribution in [0.4, 0.5) is 4.39 Å². The van der Waals surface area contributed by atoms with Gasteiger partial charge in [0.1, 0.15) is 5.82 Å². The molecule has 2 atom stereocenters. The third kappa shape index (κ3) is 3.50. The second-order valence-corrected chi connectivity index (χ2v) is 6.31. The fourth-order valence-corrected chi connectivity index (χ4v) is 3.95. The van der Waals surface area contributed by atoms with Gasteiger partial charge in [0.15, 0.2) is 0 Å². The van der Waals surface area contributed by atoms with Crippen molar-refractivity contribution in [2.24, 2.45) is 0 Å². The Morgan fingerprint density at radius 3 is 3.00 bits per heavy atom. The first-order valence-corrected chi connectivity index (χ1v) is 8.06. The van der Waals surface area contributed by atoms with Gasteiger partial charge in [-0.2, -0.15) is 11.8 Å². The molecule has 4 heteroatoms. The van der Waals surface area contributed by atoms with E-state index in [0.29, 0.717) is 6.04 Å². The molecule has 1 aromatic carbocycles. The van der Waals surface area contributed by atoms with E-state index in [0.717, 1.165) is 30.0 Å². The Bertz CT molecular complexity index is 425. The maximum absolute atomic E-state index is 13.6. The first-order valence-electron chi connectivity index (χ1n) is 6.91. The van der Waals surface area contributed by atoms with Crippen molar-refractivity contribution in [1.82, 2.24) is 10.2 Å². The van der Waals surface area contributed by atoms with Gasteiger partial charge in [0, 0.05) is 30.1 Å². The van der Waals surface area contributed by atoms with Crippen LogP contribution in [0.25, 0.3) is 0 Å². The normalized spacial score (nSPS) is 22.4. The van der Waals surface area contributed by atoms with Crippen LogP contribution < -0.4 is 5.32 Å². The Morgan fingerprint density at radius 2 is 2.32 bits per heavy atom. The van der Waals surface area contributed by atoms with Crippen molar-refractivity contribution in [3.8, 4) is 0 Å². The van der Waals surface area contributed by atoms with Gasteiger partial charge in [0.25, 0.3) is 0 Å². The molecule has 1 N–H and O–H groups in total. The highest BCUT2D eigenvalue weighted by atomic mass is 32.2. The molecule has 106 valence electrons. The van der Waals surface area contributed by atoms with E-state index in [2.05, 4.69) is 31.1 Å². The number of nitrogens with zero attached hydrogens (tertiary/aromatic N) is 1. The minimum atomic E-state index is -0.144. The molecule has 0 saturated carbocycles. The van der Waals surface area contributed by atoms with Crippen LogP contribution >= 0.6 is 11.8 Å². The Balaban J connectivity index is 2.30.